The van der Waals surface area contributed by atoms with E-state index in [4.69, 9.17) is 4.52 Å². The summed E-state index contributed by atoms with van der Waals surface area (Å²) in [6.45, 7) is 12.1. The van der Waals surface area contributed by atoms with E-state index in [1.807, 2.05) is 6.20 Å². The number of aromatic nitrogens is 3. The van der Waals surface area contributed by atoms with E-state index in [0.717, 1.165) is 61.8 Å². The van der Waals surface area contributed by atoms with Crippen molar-refractivity contribution >= 4 is 5.82 Å². The molecule has 4 heterocycles. The molecule has 0 radical (unpaired) electrons. The van der Waals surface area contributed by atoms with E-state index < -0.39 is 0 Å². The lowest BCUT2D eigenvalue weighted by atomic mass is 9.92. The van der Waals surface area contributed by atoms with E-state index in [0.29, 0.717) is 5.92 Å². The summed E-state index contributed by atoms with van der Waals surface area (Å²) in [5.74, 6) is 4.31. The van der Waals surface area contributed by atoms with E-state index in [1.54, 1.807) is 6.33 Å². The van der Waals surface area contributed by atoms with Crippen LogP contribution in [0.3, 0.4) is 0 Å². The van der Waals surface area contributed by atoms with Crippen LogP contribution in [0.15, 0.2) is 23.1 Å². The number of hydrogen-bond donors (Lipinski definition) is 0. The fourth-order valence-electron chi connectivity index (χ4n) is 4.65. The maximum Gasteiger partial charge on any atom is 0.144 e. The summed E-state index contributed by atoms with van der Waals surface area (Å²) in [5.41, 5.74) is 2.48. The van der Waals surface area contributed by atoms with Crippen molar-refractivity contribution in [1.29, 1.82) is 0 Å². The Bertz CT molecular complexity index is 808. The fourth-order valence-corrected chi connectivity index (χ4v) is 4.65. The van der Waals surface area contributed by atoms with Gasteiger partial charge in [-0.2, -0.15) is 0 Å². The molecule has 144 valence electrons. The van der Waals surface area contributed by atoms with Crippen LogP contribution in [0.1, 0.15) is 56.5 Å². The van der Waals surface area contributed by atoms with Gasteiger partial charge >= 0.3 is 0 Å². The highest BCUT2D eigenvalue weighted by molar-refractivity contribution is 5.42. The molecular weight excluding hydrogens is 338 g/mol. The Balaban J connectivity index is 1.23. The Morgan fingerprint density at radius 1 is 1.07 bits per heavy atom. The lowest BCUT2D eigenvalue weighted by Gasteiger charge is -2.24. The molecule has 2 atom stereocenters. The molecule has 2 unspecified atom stereocenters. The van der Waals surface area contributed by atoms with Crippen molar-refractivity contribution in [2.24, 2.45) is 11.8 Å². The molecular formula is C21H29N5O. The van der Waals surface area contributed by atoms with E-state index in [2.05, 4.69) is 51.8 Å². The number of rotatable bonds is 4. The third-order valence-electron chi connectivity index (χ3n) is 6.33. The highest BCUT2D eigenvalue weighted by Crippen LogP contribution is 2.42. The number of hydrogen-bond acceptors (Lipinski definition) is 6. The molecule has 2 aromatic rings. The van der Waals surface area contributed by atoms with Gasteiger partial charge in [-0.05, 0) is 24.7 Å². The number of nitrogens with zero attached hydrogens (tertiary/aromatic N) is 5. The first-order valence-corrected chi connectivity index (χ1v) is 10.2. The van der Waals surface area contributed by atoms with Crippen LogP contribution in [0.4, 0.5) is 5.82 Å². The van der Waals surface area contributed by atoms with Crippen LogP contribution in [0.2, 0.25) is 0 Å². The lowest BCUT2D eigenvalue weighted by Crippen LogP contribution is -2.29. The molecule has 2 saturated heterocycles. The second kappa shape index (κ2) is 6.30. The smallest absolute Gasteiger partial charge is 0.144 e. The van der Waals surface area contributed by atoms with Crippen LogP contribution in [-0.4, -0.2) is 46.2 Å². The van der Waals surface area contributed by atoms with Gasteiger partial charge in [-0.3, -0.25) is 4.90 Å². The van der Waals surface area contributed by atoms with E-state index >= 15 is 0 Å². The predicted octanol–water partition coefficient (Wildman–Crippen LogP) is 3.21. The van der Waals surface area contributed by atoms with Gasteiger partial charge in [0.25, 0.3) is 0 Å². The second-order valence-corrected chi connectivity index (χ2v) is 9.62. The molecule has 0 bridgehead atoms. The summed E-state index contributed by atoms with van der Waals surface area (Å²) in [7, 11) is 0. The molecule has 0 spiro atoms. The van der Waals surface area contributed by atoms with Crippen molar-refractivity contribution in [2.75, 3.05) is 31.1 Å². The molecule has 0 N–H and O–H groups in total. The lowest BCUT2D eigenvalue weighted by molar-refractivity contribution is 0.304. The molecule has 27 heavy (non-hydrogen) atoms. The van der Waals surface area contributed by atoms with Crippen molar-refractivity contribution in [3.05, 3.63) is 35.6 Å². The minimum absolute atomic E-state index is 0.0575. The topological polar surface area (TPSA) is 58.3 Å². The monoisotopic (exact) mass is 367 g/mol. The molecule has 5 rings (SSSR count). The van der Waals surface area contributed by atoms with Crippen molar-refractivity contribution in [3.8, 4) is 0 Å². The minimum Gasteiger partial charge on any atom is -0.361 e. The molecule has 6 nitrogen and oxygen atoms in total. The molecule has 3 aliphatic rings. The maximum atomic E-state index is 5.51. The summed E-state index contributed by atoms with van der Waals surface area (Å²) in [4.78, 5) is 14.1. The van der Waals surface area contributed by atoms with Gasteiger partial charge in [0.15, 0.2) is 0 Å². The zero-order valence-corrected chi connectivity index (χ0v) is 16.6. The molecule has 0 amide bonds. The van der Waals surface area contributed by atoms with Crippen molar-refractivity contribution in [3.63, 3.8) is 0 Å². The molecule has 1 saturated carbocycles. The number of likely N-dealkylation sites (tertiary alicyclic amines) is 1. The Hall–Kier alpha value is -1.95. The first-order chi connectivity index (χ1) is 13.0. The Labute approximate surface area is 161 Å². The van der Waals surface area contributed by atoms with Gasteiger partial charge < -0.3 is 9.42 Å². The molecule has 6 heteroatoms. The summed E-state index contributed by atoms with van der Waals surface area (Å²) in [5, 5.41) is 4.05. The summed E-state index contributed by atoms with van der Waals surface area (Å²) in [6, 6.07) is 2.18. The third-order valence-corrected chi connectivity index (χ3v) is 6.33. The highest BCUT2D eigenvalue weighted by Gasteiger charge is 2.41. The average molecular weight is 367 g/mol. The molecule has 2 aliphatic heterocycles. The van der Waals surface area contributed by atoms with Crippen molar-refractivity contribution in [2.45, 2.75) is 51.5 Å². The Kier molecular flexibility index (Phi) is 4.00. The van der Waals surface area contributed by atoms with Crippen LogP contribution in [-0.2, 0) is 12.0 Å². The van der Waals surface area contributed by atoms with Gasteiger partial charge in [0.1, 0.15) is 17.9 Å². The van der Waals surface area contributed by atoms with Crippen molar-refractivity contribution < 1.29 is 4.52 Å². The number of fused-ring (bicyclic) bond motifs is 1. The van der Waals surface area contributed by atoms with Crippen LogP contribution in [0.25, 0.3) is 0 Å². The first kappa shape index (κ1) is 17.2. The quantitative estimate of drug-likeness (QED) is 0.827. The van der Waals surface area contributed by atoms with Gasteiger partial charge in [-0.25, -0.2) is 9.97 Å². The SMILES string of the molecule is CC(C)(C)c1cc(N2CC3CN(Cc4cnoc4C4CC4)CC3C2)ncn1. The second-order valence-electron chi connectivity index (χ2n) is 9.62. The van der Waals surface area contributed by atoms with Gasteiger partial charge in [-0.1, -0.05) is 25.9 Å². The van der Waals surface area contributed by atoms with Gasteiger partial charge in [0, 0.05) is 55.7 Å². The summed E-state index contributed by atoms with van der Waals surface area (Å²) >= 11 is 0. The van der Waals surface area contributed by atoms with Crippen LogP contribution < -0.4 is 4.90 Å². The molecule has 0 aromatic carbocycles. The zero-order valence-electron chi connectivity index (χ0n) is 16.6. The Morgan fingerprint density at radius 3 is 2.48 bits per heavy atom. The van der Waals surface area contributed by atoms with Crippen LogP contribution in [0, 0.1) is 11.8 Å². The first-order valence-electron chi connectivity index (χ1n) is 10.2. The average Bonchev–Trinajstić information content (AvgIpc) is 3.06. The highest BCUT2D eigenvalue weighted by atomic mass is 16.5. The normalized spacial score (nSPS) is 26.0. The zero-order chi connectivity index (χ0) is 18.6. The summed E-state index contributed by atoms with van der Waals surface area (Å²) < 4.78 is 5.51. The van der Waals surface area contributed by atoms with Crippen LogP contribution in [0.5, 0.6) is 0 Å². The van der Waals surface area contributed by atoms with Gasteiger partial charge in [0.05, 0.1) is 11.9 Å². The largest absolute Gasteiger partial charge is 0.361 e. The van der Waals surface area contributed by atoms with Gasteiger partial charge in [0.2, 0.25) is 0 Å². The van der Waals surface area contributed by atoms with E-state index in [-0.39, 0.29) is 5.41 Å². The predicted molar refractivity (Wildman–Crippen MR) is 104 cm³/mol. The van der Waals surface area contributed by atoms with Crippen LogP contribution >= 0.6 is 0 Å². The van der Waals surface area contributed by atoms with E-state index in [9.17, 15) is 0 Å². The molecule has 3 fully saturated rings. The molecule has 1 aliphatic carbocycles. The third kappa shape index (κ3) is 3.35. The summed E-state index contributed by atoms with van der Waals surface area (Å²) in [6.07, 6.45) is 6.18. The minimum atomic E-state index is 0.0575. The molecule has 2 aromatic heterocycles. The standard InChI is InChI=1S/C21H29N5O/c1-21(2,3)18-6-19(23-13-22-18)26-11-16-9-25(10-17(16)12-26)8-15-7-24-27-20(15)14-4-5-14/h6-7,13-14,16-17H,4-5,8-12H2,1-3H3. The number of anilines is 1. The maximum absolute atomic E-state index is 5.51. The Morgan fingerprint density at radius 2 is 1.81 bits per heavy atom. The van der Waals surface area contributed by atoms with Crippen molar-refractivity contribution in [1.82, 2.24) is 20.0 Å². The van der Waals surface area contributed by atoms with E-state index in [1.165, 1.54) is 18.4 Å². The van der Waals surface area contributed by atoms with Gasteiger partial charge in [-0.15, -0.1) is 0 Å². The fraction of sp³-hybridized carbons (Fsp3) is 0.667.